The van der Waals surface area contributed by atoms with Gasteiger partial charge < -0.3 is 5.32 Å². The van der Waals surface area contributed by atoms with Crippen molar-refractivity contribution in [2.24, 2.45) is 17.8 Å². The van der Waals surface area contributed by atoms with Crippen molar-refractivity contribution in [1.82, 2.24) is 5.32 Å². The molecule has 0 amide bonds. The molecule has 2 nitrogen and oxygen atoms in total. The zero-order valence-electron chi connectivity index (χ0n) is 11.4. The summed E-state index contributed by atoms with van der Waals surface area (Å²) in [5.74, 6) is 0.247. The van der Waals surface area contributed by atoms with Crippen LogP contribution in [0.3, 0.4) is 0 Å². The normalized spacial score (nSPS) is 36.5. The van der Waals surface area contributed by atoms with Gasteiger partial charge >= 0.3 is 0 Å². The van der Waals surface area contributed by atoms with Crippen molar-refractivity contribution in [1.29, 1.82) is 0 Å². The van der Waals surface area contributed by atoms with Crippen molar-refractivity contribution < 1.29 is 4.79 Å². The Balaban J connectivity index is 1.64. The van der Waals surface area contributed by atoms with Crippen LogP contribution in [-0.4, -0.2) is 10.7 Å². The van der Waals surface area contributed by atoms with E-state index < -0.39 is 4.87 Å². The number of allylic oxidation sites excluding steroid dienone is 4. The van der Waals surface area contributed by atoms with Gasteiger partial charge in [0.25, 0.3) is 0 Å². The van der Waals surface area contributed by atoms with Gasteiger partial charge in [-0.2, -0.15) is 0 Å². The number of rotatable bonds is 3. The highest BCUT2D eigenvalue weighted by atomic mass is 35.5. The Morgan fingerprint density at radius 3 is 2.76 bits per heavy atom. The topological polar surface area (TPSA) is 29.1 Å². The van der Waals surface area contributed by atoms with E-state index >= 15 is 0 Å². The fourth-order valence-corrected chi connectivity index (χ4v) is 4.95. The molecule has 0 aliphatic heterocycles. The molecule has 4 rings (SSSR count). The Hall–Kier alpha value is -1.25. The molecular weight excluding hydrogens is 305 g/mol. The van der Waals surface area contributed by atoms with Crippen molar-refractivity contribution in [3.8, 4) is 0 Å². The maximum absolute atomic E-state index is 12.5. The third-order valence-corrected chi connectivity index (χ3v) is 6.03. The molecule has 4 heteroatoms. The van der Waals surface area contributed by atoms with Gasteiger partial charge in [-0.3, -0.25) is 4.79 Å². The lowest BCUT2D eigenvalue weighted by Gasteiger charge is -2.32. The van der Waals surface area contributed by atoms with Crippen molar-refractivity contribution in [3.63, 3.8) is 0 Å². The van der Waals surface area contributed by atoms with E-state index in [1.54, 1.807) is 0 Å². The van der Waals surface area contributed by atoms with Crippen LogP contribution in [0.25, 0.3) is 0 Å². The van der Waals surface area contributed by atoms with Gasteiger partial charge in [0.1, 0.15) is 9.91 Å². The van der Waals surface area contributed by atoms with Crippen LogP contribution >= 0.6 is 23.2 Å². The zero-order valence-corrected chi connectivity index (χ0v) is 12.9. The molecule has 1 aromatic rings. The number of carbonyl (C=O) groups excluding carboxylic acids is 1. The third-order valence-electron chi connectivity index (χ3n) is 4.95. The summed E-state index contributed by atoms with van der Waals surface area (Å²) in [6, 6.07) is 10.0. The van der Waals surface area contributed by atoms with Crippen molar-refractivity contribution in [2.75, 3.05) is 0 Å². The fraction of sp³-hybridized carbons (Fsp3) is 0.353. The molecular formula is C17H15Cl2NO. The van der Waals surface area contributed by atoms with Crippen molar-refractivity contribution >= 4 is 29.0 Å². The molecule has 1 saturated carbocycles. The number of ketones is 1. The standard InChI is InChI=1S/C17H15Cl2NO/c18-14-15(21)13-11-6-7-12(8-11)17(13,19)16(14)20-9-10-4-2-1-3-5-10/h1-7,11-13,20H,8-9H2. The summed E-state index contributed by atoms with van der Waals surface area (Å²) in [6.07, 6.45) is 5.22. The van der Waals surface area contributed by atoms with Gasteiger partial charge in [0.15, 0.2) is 5.78 Å². The maximum atomic E-state index is 12.5. The Morgan fingerprint density at radius 1 is 1.24 bits per heavy atom. The van der Waals surface area contributed by atoms with E-state index in [2.05, 4.69) is 17.5 Å². The third kappa shape index (κ3) is 1.75. The summed E-state index contributed by atoms with van der Waals surface area (Å²) in [5, 5.41) is 3.63. The number of hydrogen-bond donors (Lipinski definition) is 1. The second-order valence-corrected chi connectivity index (χ2v) is 7.03. The maximum Gasteiger partial charge on any atom is 0.181 e. The van der Waals surface area contributed by atoms with E-state index in [1.165, 1.54) is 0 Å². The molecule has 4 atom stereocenters. The Labute approximate surface area is 133 Å². The number of nitrogens with one attached hydrogen (secondary N) is 1. The minimum atomic E-state index is -0.664. The molecule has 0 spiro atoms. The van der Waals surface area contributed by atoms with Gasteiger partial charge in [0.05, 0.1) is 11.6 Å². The Bertz CT molecular complexity index is 667. The molecule has 4 unspecified atom stereocenters. The van der Waals surface area contributed by atoms with Gasteiger partial charge in [0, 0.05) is 12.5 Å². The molecule has 0 radical (unpaired) electrons. The molecule has 108 valence electrons. The summed E-state index contributed by atoms with van der Waals surface area (Å²) in [5.41, 5.74) is 1.87. The molecule has 0 heterocycles. The lowest BCUT2D eigenvalue weighted by Crippen LogP contribution is -2.40. The number of alkyl halides is 1. The van der Waals surface area contributed by atoms with Crippen LogP contribution in [0, 0.1) is 17.8 Å². The van der Waals surface area contributed by atoms with E-state index in [4.69, 9.17) is 23.2 Å². The molecule has 1 N–H and O–H groups in total. The molecule has 1 fully saturated rings. The van der Waals surface area contributed by atoms with Crippen LogP contribution < -0.4 is 5.32 Å². The number of carbonyl (C=O) groups is 1. The van der Waals surface area contributed by atoms with E-state index in [0.717, 1.165) is 17.7 Å². The predicted molar refractivity (Wildman–Crippen MR) is 84.0 cm³/mol. The van der Waals surface area contributed by atoms with Crippen LogP contribution in [0.1, 0.15) is 12.0 Å². The van der Waals surface area contributed by atoms with E-state index in [-0.39, 0.29) is 23.5 Å². The number of benzene rings is 1. The predicted octanol–water partition coefficient (Wildman–Crippen LogP) is 3.61. The summed E-state index contributed by atoms with van der Waals surface area (Å²) in [7, 11) is 0. The van der Waals surface area contributed by atoms with Crippen LogP contribution in [0.15, 0.2) is 53.2 Å². The molecule has 0 saturated heterocycles. The monoisotopic (exact) mass is 319 g/mol. The molecule has 2 bridgehead atoms. The van der Waals surface area contributed by atoms with E-state index in [9.17, 15) is 4.79 Å². The summed E-state index contributed by atoms with van der Waals surface area (Å²) < 4.78 is 0. The summed E-state index contributed by atoms with van der Waals surface area (Å²) >= 11 is 13.2. The summed E-state index contributed by atoms with van der Waals surface area (Å²) in [4.78, 5) is 11.8. The number of Topliss-reactive ketones (excluding diaryl/α,β-unsaturated/α-hetero) is 1. The van der Waals surface area contributed by atoms with Crippen molar-refractivity contribution in [3.05, 3.63) is 58.8 Å². The van der Waals surface area contributed by atoms with Crippen LogP contribution in [0.4, 0.5) is 0 Å². The highest BCUT2D eigenvalue weighted by Crippen LogP contribution is 2.61. The zero-order chi connectivity index (χ0) is 14.6. The molecule has 1 aromatic carbocycles. The number of halogens is 2. The van der Waals surface area contributed by atoms with Gasteiger partial charge in [-0.05, 0) is 17.9 Å². The summed E-state index contributed by atoms with van der Waals surface area (Å²) in [6.45, 7) is 0.627. The molecule has 21 heavy (non-hydrogen) atoms. The second-order valence-electron chi connectivity index (χ2n) is 6.03. The smallest absolute Gasteiger partial charge is 0.181 e. The highest BCUT2D eigenvalue weighted by molar-refractivity contribution is 6.47. The minimum Gasteiger partial charge on any atom is -0.381 e. The van der Waals surface area contributed by atoms with Crippen LogP contribution in [0.5, 0.6) is 0 Å². The highest BCUT2D eigenvalue weighted by Gasteiger charge is 2.64. The average Bonchev–Trinajstić information content (AvgIpc) is 3.12. The molecule has 3 aliphatic rings. The average molecular weight is 320 g/mol. The Morgan fingerprint density at radius 2 is 2.00 bits per heavy atom. The Kier molecular flexibility index (Phi) is 2.95. The SMILES string of the molecule is O=C1C(Cl)=C(NCc2ccccc2)C2(Cl)C3C=CC(C3)C12. The van der Waals surface area contributed by atoms with Gasteiger partial charge in [0.2, 0.25) is 0 Å². The minimum absolute atomic E-state index is 0.000853. The first-order chi connectivity index (χ1) is 10.1. The first kappa shape index (κ1) is 13.4. The van der Waals surface area contributed by atoms with E-state index in [0.29, 0.717) is 11.6 Å². The van der Waals surface area contributed by atoms with E-state index in [1.807, 2.05) is 30.3 Å². The second kappa shape index (κ2) is 4.62. The van der Waals surface area contributed by atoms with Gasteiger partial charge in [-0.1, -0.05) is 54.1 Å². The van der Waals surface area contributed by atoms with Crippen LogP contribution in [-0.2, 0) is 11.3 Å². The van der Waals surface area contributed by atoms with Crippen LogP contribution in [0.2, 0.25) is 0 Å². The lowest BCUT2D eigenvalue weighted by molar-refractivity contribution is -0.118. The number of hydrogen-bond acceptors (Lipinski definition) is 2. The first-order valence-electron chi connectivity index (χ1n) is 7.22. The molecule has 0 aromatic heterocycles. The lowest BCUT2D eigenvalue weighted by atomic mass is 9.83. The largest absolute Gasteiger partial charge is 0.381 e. The fourth-order valence-electron chi connectivity index (χ4n) is 3.98. The quantitative estimate of drug-likeness (QED) is 0.681. The number of fused-ring (bicyclic) bond motifs is 5. The van der Waals surface area contributed by atoms with Crippen molar-refractivity contribution in [2.45, 2.75) is 17.8 Å². The first-order valence-corrected chi connectivity index (χ1v) is 7.97. The van der Waals surface area contributed by atoms with Gasteiger partial charge in [-0.15, -0.1) is 11.6 Å². The van der Waals surface area contributed by atoms with Gasteiger partial charge in [-0.25, -0.2) is 0 Å². The molecule has 3 aliphatic carbocycles.